The summed E-state index contributed by atoms with van der Waals surface area (Å²) in [7, 11) is 0. The molecular formula is C25H31NO2S. The first-order valence-corrected chi connectivity index (χ1v) is 11.2. The summed E-state index contributed by atoms with van der Waals surface area (Å²) >= 11 is 1.95. The van der Waals surface area contributed by atoms with Crippen LogP contribution in [0, 0.1) is 0 Å². The highest BCUT2D eigenvalue weighted by Gasteiger charge is 2.46. The van der Waals surface area contributed by atoms with Crippen LogP contribution in [0.2, 0.25) is 0 Å². The molecule has 0 aromatic heterocycles. The molecule has 2 atom stereocenters. The van der Waals surface area contributed by atoms with Gasteiger partial charge in [-0.15, -0.1) is 11.8 Å². The smallest absolute Gasteiger partial charge is 0.410 e. The van der Waals surface area contributed by atoms with Gasteiger partial charge in [0.05, 0.1) is 4.75 Å². The number of likely N-dealkylation sites (tertiary alicyclic amines) is 1. The van der Waals surface area contributed by atoms with Gasteiger partial charge in [0.15, 0.2) is 0 Å². The van der Waals surface area contributed by atoms with Gasteiger partial charge in [0, 0.05) is 12.6 Å². The van der Waals surface area contributed by atoms with Crippen molar-refractivity contribution in [2.75, 3.05) is 13.2 Å². The highest BCUT2D eigenvalue weighted by molar-refractivity contribution is 8.00. The summed E-state index contributed by atoms with van der Waals surface area (Å²) in [5, 5.41) is 0.468. The second-order valence-corrected chi connectivity index (χ2v) is 9.89. The molecule has 3 nitrogen and oxygen atoms in total. The van der Waals surface area contributed by atoms with Crippen molar-refractivity contribution in [3.05, 3.63) is 72.3 Å². The van der Waals surface area contributed by atoms with E-state index in [1.807, 2.05) is 41.8 Å². The predicted molar refractivity (Wildman–Crippen MR) is 123 cm³/mol. The normalized spacial score (nSPS) is 21.8. The Hall–Kier alpha value is -2.20. The van der Waals surface area contributed by atoms with Crippen molar-refractivity contribution in [1.29, 1.82) is 0 Å². The van der Waals surface area contributed by atoms with Gasteiger partial charge in [0.1, 0.15) is 6.61 Å². The first kappa shape index (κ1) is 21.5. The Bertz CT molecular complexity index is 832. The summed E-state index contributed by atoms with van der Waals surface area (Å²) < 4.78 is 5.33. The third kappa shape index (κ3) is 5.05. The van der Waals surface area contributed by atoms with Crippen LogP contribution in [0.25, 0.3) is 11.1 Å². The van der Waals surface area contributed by atoms with Crippen LogP contribution in [0.4, 0.5) is 4.79 Å². The average molecular weight is 410 g/mol. The first-order valence-electron chi connectivity index (χ1n) is 10.3. The molecular weight excluding hydrogens is 378 g/mol. The molecule has 1 unspecified atom stereocenters. The molecule has 3 rings (SSSR count). The highest BCUT2D eigenvalue weighted by Crippen LogP contribution is 2.49. The quantitative estimate of drug-likeness (QED) is 0.510. The lowest BCUT2D eigenvalue weighted by molar-refractivity contribution is 0.110. The van der Waals surface area contributed by atoms with Gasteiger partial charge in [-0.1, -0.05) is 80.6 Å². The number of carbonyl (C=O) groups is 1. The number of benzene rings is 2. The molecule has 0 saturated carbocycles. The summed E-state index contributed by atoms with van der Waals surface area (Å²) in [5.74, 6) is 0. The lowest BCUT2D eigenvalue weighted by Crippen LogP contribution is -2.36. The minimum atomic E-state index is -0.220. The van der Waals surface area contributed by atoms with E-state index in [0.29, 0.717) is 18.4 Å². The molecule has 1 aliphatic rings. The fourth-order valence-corrected chi connectivity index (χ4v) is 5.76. The maximum absolute atomic E-state index is 12.6. The molecule has 0 bridgehead atoms. The molecule has 0 spiro atoms. The average Bonchev–Trinajstić information content (AvgIpc) is 3.05. The zero-order chi connectivity index (χ0) is 20.9. The Morgan fingerprint density at radius 2 is 1.83 bits per heavy atom. The molecule has 2 aromatic carbocycles. The molecule has 0 aliphatic carbocycles. The van der Waals surface area contributed by atoms with E-state index in [1.165, 1.54) is 16.7 Å². The van der Waals surface area contributed by atoms with Gasteiger partial charge in [0.25, 0.3) is 0 Å². The fraction of sp³-hybridized carbons (Fsp3) is 0.400. The third-order valence-corrected chi connectivity index (χ3v) is 6.79. The van der Waals surface area contributed by atoms with Crippen LogP contribution >= 0.6 is 11.8 Å². The van der Waals surface area contributed by atoms with Crippen LogP contribution in [-0.4, -0.2) is 35.4 Å². The van der Waals surface area contributed by atoms with Crippen LogP contribution in [0.3, 0.4) is 0 Å². The SMILES string of the molecule is C/C=C/COC(=O)N1C[C@](SC(C)C)(c2ccc(-c3ccccc3)cc2)CC1C. The minimum absolute atomic E-state index is 0.109. The van der Waals surface area contributed by atoms with Crippen molar-refractivity contribution in [2.45, 2.75) is 50.2 Å². The summed E-state index contributed by atoms with van der Waals surface area (Å²) in [4.78, 5) is 14.5. The Morgan fingerprint density at radius 3 is 2.45 bits per heavy atom. The van der Waals surface area contributed by atoms with Crippen molar-refractivity contribution >= 4 is 17.9 Å². The van der Waals surface area contributed by atoms with Crippen LogP contribution in [0.5, 0.6) is 0 Å². The van der Waals surface area contributed by atoms with Crippen LogP contribution in [-0.2, 0) is 9.48 Å². The van der Waals surface area contributed by atoms with Gasteiger partial charge in [0.2, 0.25) is 0 Å². The van der Waals surface area contributed by atoms with Crippen LogP contribution < -0.4 is 0 Å². The van der Waals surface area contributed by atoms with Gasteiger partial charge in [-0.25, -0.2) is 4.79 Å². The number of allylic oxidation sites excluding steroid dienone is 1. The molecule has 0 radical (unpaired) electrons. The first-order chi connectivity index (χ1) is 13.9. The topological polar surface area (TPSA) is 29.5 Å². The number of hydrogen-bond acceptors (Lipinski definition) is 3. The van der Waals surface area contributed by atoms with Gasteiger partial charge >= 0.3 is 6.09 Å². The Morgan fingerprint density at radius 1 is 1.17 bits per heavy atom. The molecule has 4 heteroatoms. The predicted octanol–water partition coefficient (Wildman–Crippen LogP) is 6.50. The maximum Gasteiger partial charge on any atom is 0.410 e. The number of nitrogens with zero attached hydrogens (tertiary/aromatic N) is 1. The van der Waals surface area contributed by atoms with Gasteiger partial charge < -0.3 is 9.64 Å². The van der Waals surface area contributed by atoms with Crippen molar-refractivity contribution in [3.8, 4) is 11.1 Å². The highest BCUT2D eigenvalue weighted by atomic mass is 32.2. The van der Waals surface area contributed by atoms with Gasteiger partial charge in [-0.3, -0.25) is 0 Å². The van der Waals surface area contributed by atoms with E-state index < -0.39 is 0 Å². The molecule has 29 heavy (non-hydrogen) atoms. The number of rotatable bonds is 6. The zero-order valence-corrected chi connectivity index (χ0v) is 18.6. The largest absolute Gasteiger partial charge is 0.445 e. The number of thioether (sulfide) groups is 1. The van der Waals surface area contributed by atoms with Crippen LogP contribution in [0.15, 0.2) is 66.7 Å². The Kier molecular flexibility index (Phi) is 7.07. The summed E-state index contributed by atoms with van der Waals surface area (Å²) in [5.41, 5.74) is 3.72. The molecule has 1 fully saturated rings. The van der Waals surface area contributed by atoms with E-state index in [2.05, 4.69) is 69.3 Å². The summed E-state index contributed by atoms with van der Waals surface area (Å²) in [6.07, 6.45) is 4.47. The molecule has 2 aromatic rings. The molecule has 1 heterocycles. The Balaban J connectivity index is 1.85. The van der Waals surface area contributed by atoms with E-state index in [4.69, 9.17) is 4.74 Å². The fourth-order valence-electron chi connectivity index (χ4n) is 4.04. The second-order valence-electron chi connectivity index (χ2n) is 7.93. The van der Waals surface area contributed by atoms with Gasteiger partial charge in [-0.05, 0) is 42.2 Å². The van der Waals surface area contributed by atoms with Gasteiger partial charge in [-0.2, -0.15) is 0 Å². The maximum atomic E-state index is 12.6. The zero-order valence-electron chi connectivity index (χ0n) is 17.8. The lowest BCUT2D eigenvalue weighted by atomic mass is 9.93. The standard InChI is InChI=1S/C25H31NO2S/c1-5-6-16-28-24(27)26-18-25(17-20(26)4,29-19(2)3)23-14-12-22(13-15-23)21-10-8-7-9-11-21/h5-15,19-20H,16-18H2,1-4H3/b6-5+/t20?,25-/m0/s1. The monoisotopic (exact) mass is 409 g/mol. The van der Waals surface area contributed by atoms with Crippen molar-refractivity contribution < 1.29 is 9.53 Å². The Labute approximate surface area is 179 Å². The number of hydrogen-bond donors (Lipinski definition) is 0. The number of ether oxygens (including phenoxy) is 1. The van der Waals surface area contributed by atoms with E-state index >= 15 is 0 Å². The molecule has 1 saturated heterocycles. The van der Waals surface area contributed by atoms with Crippen molar-refractivity contribution in [1.82, 2.24) is 4.90 Å². The minimum Gasteiger partial charge on any atom is -0.445 e. The second kappa shape index (κ2) is 9.53. The summed E-state index contributed by atoms with van der Waals surface area (Å²) in [6.45, 7) is 9.50. The third-order valence-electron chi connectivity index (χ3n) is 5.34. The number of amides is 1. The van der Waals surface area contributed by atoms with E-state index in [0.717, 1.165) is 6.42 Å². The number of carbonyl (C=O) groups excluding carboxylic acids is 1. The van der Waals surface area contributed by atoms with E-state index in [1.54, 1.807) is 0 Å². The molecule has 1 aliphatic heterocycles. The van der Waals surface area contributed by atoms with Crippen LogP contribution in [0.1, 0.15) is 39.7 Å². The lowest BCUT2D eigenvalue weighted by Gasteiger charge is -2.31. The van der Waals surface area contributed by atoms with Crippen molar-refractivity contribution in [3.63, 3.8) is 0 Å². The van der Waals surface area contributed by atoms with Crippen molar-refractivity contribution in [2.24, 2.45) is 0 Å². The molecule has 1 amide bonds. The molecule has 0 N–H and O–H groups in total. The van der Waals surface area contributed by atoms with E-state index in [-0.39, 0.29) is 16.9 Å². The molecule has 154 valence electrons. The van der Waals surface area contributed by atoms with E-state index in [9.17, 15) is 4.79 Å². The summed E-state index contributed by atoms with van der Waals surface area (Å²) in [6, 6.07) is 19.4.